The third kappa shape index (κ3) is 4.59. The average Bonchev–Trinajstić information content (AvgIpc) is 2.53. The SMILES string of the molecule is COc1ccccc1C(C)NCC(O)Cc1ccccc1. The number of ether oxygens (including phenoxy) is 1. The van der Waals surface area contributed by atoms with Gasteiger partial charge < -0.3 is 15.2 Å². The highest BCUT2D eigenvalue weighted by molar-refractivity contribution is 5.35. The standard InChI is InChI=1S/C18H23NO2/c1-14(17-10-6-7-11-18(17)21-2)19-13-16(20)12-15-8-4-3-5-9-15/h3-11,14,16,19-20H,12-13H2,1-2H3. The molecular weight excluding hydrogens is 262 g/mol. The molecule has 0 aliphatic heterocycles. The van der Waals surface area contributed by atoms with Crippen LogP contribution in [0.1, 0.15) is 24.1 Å². The first-order valence-corrected chi connectivity index (χ1v) is 7.29. The molecule has 0 amide bonds. The first kappa shape index (κ1) is 15.5. The predicted molar refractivity (Wildman–Crippen MR) is 85.6 cm³/mol. The lowest BCUT2D eigenvalue weighted by molar-refractivity contribution is 0.168. The van der Waals surface area contributed by atoms with Gasteiger partial charge in [0.25, 0.3) is 0 Å². The third-order valence-electron chi connectivity index (χ3n) is 3.58. The van der Waals surface area contributed by atoms with Gasteiger partial charge in [-0.3, -0.25) is 0 Å². The smallest absolute Gasteiger partial charge is 0.123 e. The van der Waals surface area contributed by atoms with Gasteiger partial charge in [-0.1, -0.05) is 48.5 Å². The van der Waals surface area contributed by atoms with E-state index in [1.807, 2.05) is 54.6 Å². The van der Waals surface area contributed by atoms with Gasteiger partial charge in [-0.2, -0.15) is 0 Å². The molecular formula is C18H23NO2. The van der Waals surface area contributed by atoms with Gasteiger partial charge >= 0.3 is 0 Å². The minimum atomic E-state index is -0.399. The van der Waals surface area contributed by atoms with E-state index in [1.165, 1.54) is 0 Å². The van der Waals surface area contributed by atoms with Gasteiger partial charge in [0.05, 0.1) is 13.2 Å². The molecule has 0 aliphatic carbocycles. The van der Waals surface area contributed by atoms with Gasteiger partial charge in [0.15, 0.2) is 0 Å². The largest absolute Gasteiger partial charge is 0.496 e. The molecule has 3 nitrogen and oxygen atoms in total. The van der Waals surface area contributed by atoms with Crippen LogP contribution in [-0.2, 0) is 6.42 Å². The number of hydrogen-bond donors (Lipinski definition) is 2. The fourth-order valence-electron chi connectivity index (χ4n) is 2.41. The lowest BCUT2D eigenvalue weighted by Crippen LogP contribution is -2.30. The zero-order valence-corrected chi connectivity index (χ0v) is 12.6. The lowest BCUT2D eigenvalue weighted by Gasteiger charge is -2.19. The molecule has 0 saturated heterocycles. The Hall–Kier alpha value is -1.84. The van der Waals surface area contributed by atoms with Gasteiger partial charge in [-0.25, -0.2) is 0 Å². The number of para-hydroxylation sites is 1. The monoisotopic (exact) mass is 285 g/mol. The van der Waals surface area contributed by atoms with Crippen LogP contribution in [-0.4, -0.2) is 24.9 Å². The molecule has 0 spiro atoms. The Morgan fingerprint density at radius 1 is 1.05 bits per heavy atom. The van der Waals surface area contributed by atoms with Crippen molar-refractivity contribution in [1.29, 1.82) is 0 Å². The van der Waals surface area contributed by atoms with Gasteiger partial charge in [0, 0.05) is 18.2 Å². The van der Waals surface area contributed by atoms with Crippen molar-refractivity contribution in [3.05, 3.63) is 65.7 Å². The summed E-state index contributed by atoms with van der Waals surface area (Å²) in [4.78, 5) is 0. The topological polar surface area (TPSA) is 41.5 Å². The second-order valence-electron chi connectivity index (χ2n) is 5.22. The Morgan fingerprint density at radius 3 is 2.43 bits per heavy atom. The van der Waals surface area contributed by atoms with Crippen LogP contribution in [0.4, 0.5) is 0 Å². The Bertz CT molecular complexity index is 542. The van der Waals surface area contributed by atoms with Gasteiger partial charge in [-0.05, 0) is 25.0 Å². The Balaban J connectivity index is 1.87. The van der Waals surface area contributed by atoms with Crippen LogP contribution in [0.2, 0.25) is 0 Å². The Kier molecular flexibility index (Phi) is 5.78. The molecule has 21 heavy (non-hydrogen) atoms. The fraction of sp³-hybridized carbons (Fsp3) is 0.333. The van der Waals surface area contributed by atoms with Crippen LogP contribution < -0.4 is 10.1 Å². The van der Waals surface area contributed by atoms with Gasteiger partial charge in [0.2, 0.25) is 0 Å². The summed E-state index contributed by atoms with van der Waals surface area (Å²) in [6.07, 6.45) is 0.261. The first-order valence-electron chi connectivity index (χ1n) is 7.29. The van der Waals surface area contributed by atoms with Crippen LogP contribution in [0.25, 0.3) is 0 Å². The number of benzene rings is 2. The quantitative estimate of drug-likeness (QED) is 0.822. The van der Waals surface area contributed by atoms with Crippen molar-refractivity contribution in [3.8, 4) is 5.75 Å². The number of aliphatic hydroxyl groups is 1. The minimum Gasteiger partial charge on any atom is -0.496 e. The van der Waals surface area contributed by atoms with Crippen molar-refractivity contribution in [2.24, 2.45) is 0 Å². The van der Waals surface area contributed by atoms with Crippen molar-refractivity contribution >= 4 is 0 Å². The summed E-state index contributed by atoms with van der Waals surface area (Å²) in [5.74, 6) is 0.870. The number of aliphatic hydroxyl groups excluding tert-OH is 1. The molecule has 0 aliphatic rings. The normalized spacial score (nSPS) is 13.7. The van der Waals surface area contributed by atoms with Crippen LogP contribution >= 0.6 is 0 Å². The Morgan fingerprint density at radius 2 is 1.71 bits per heavy atom. The molecule has 0 heterocycles. The fourth-order valence-corrected chi connectivity index (χ4v) is 2.41. The molecule has 2 aromatic rings. The molecule has 0 fully saturated rings. The molecule has 3 heteroatoms. The van der Waals surface area contributed by atoms with E-state index in [0.29, 0.717) is 13.0 Å². The van der Waals surface area contributed by atoms with E-state index in [1.54, 1.807) is 7.11 Å². The van der Waals surface area contributed by atoms with E-state index in [4.69, 9.17) is 4.74 Å². The molecule has 2 atom stereocenters. The highest BCUT2D eigenvalue weighted by atomic mass is 16.5. The van der Waals surface area contributed by atoms with Crippen LogP contribution in [0.15, 0.2) is 54.6 Å². The Labute approximate surface area is 126 Å². The number of rotatable bonds is 7. The molecule has 0 radical (unpaired) electrons. The second kappa shape index (κ2) is 7.81. The molecule has 2 N–H and O–H groups in total. The molecule has 0 bridgehead atoms. The molecule has 2 rings (SSSR count). The number of nitrogens with one attached hydrogen (secondary N) is 1. The summed E-state index contributed by atoms with van der Waals surface area (Å²) >= 11 is 0. The van der Waals surface area contributed by atoms with Crippen LogP contribution in [0.5, 0.6) is 5.75 Å². The van der Waals surface area contributed by atoms with E-state index < -0.39 is 6.10 Å². The highest BCUT2D eigenvalue weighted by Gasteiger charge is 2.12. The van der Waals surface area contributed by atoms with Crippen LogP contribution in [0.3, 0.4) is 0 Å². The molecule has 112 valence electrons. The van der Waals surface area contributed by atoms with E-state index in [2.05, 4.69) is 12.2 Å². The van der Waals surface area contributed by atoms with Crippen molar-refractivity contribution < 1.29 is 9.84 Å². The first-order chi connectivity index (χ1) is 10.2. The molecule has 2 aromatic carbocycles. The zero-order valence-electron chi connectivity index (χ0n) is 12.6. The third-order valence-corrected chi connectivity index (χ3v) is 3.58. The summed E-state index contributed by atoms with van der Waals surface area (Å²) in [5, 5.41) is 13.5. The van der Waals surface area contributed by atoms with E-state index in [0.717, 1.165) is 16.9 Å². The summed E-state index contributed by atoms with van der Waals surface area (Å²) in [6.45, 7) is 2.63. The maximum absolute atomic E-state index is 10.1. The van der Waals surface area contributed by atoms with Gasteiger partial charge in [-0.15, -0.1) is 0 Å². The van der Waals surface area contributed by atoms with Crippen LogP contribution in [0, 0.1) is 0 Å². The summed E-state index contributed by atoms with van der Waals surface area (Å²) in [5.41, 5.74) is 2.25. The van der Waals surface area contributed by atoms with Crippen molar-refractivity contribution in [3.63, 3.8) is 0 Å². The van der Waals surface area contributed by atoms with E-state index in [9.17, 15) is 5.11 Å². The maximum atomic E-state index is 10.1. The summed E-state index contributed by atoms with van der Waals surface area (Å²) in [7, 11) is 1.68. The average molecular weight is 285 g/mol. The van der Waals surface area contributed by atoms with Gasteiger partial charge in [0.1, 0.15) is 5.75 Å². The molecule has 2 unspecified atom stereocenters. The highest BCUT2D eigenvalue weighted by Crippen LogP contribution is 2.24. The lowest BCUT2D eigenvalue weighted by atomic mass is 10.1. The summed E-state index contributed by atoms with van der Waals surface area (Å²) < 4.78 is 5.37. The van der Waals surface area contributed by atoms with Crippen molar-refractivity contribution in [2.45, 2.75) is 25.5 Å². The van der Waals surface area contributed by atoms with Crippen molar-refractivity contribution in [1.82, 2.24) is 5.32 Å². The maximum Gasteiger partial charge on any atom is 0.123 e. The number of methoxy groups -OCH3 is 1. The zero-order chi connectivity index (χ0) is 15.1. The predicted octanol–water partition coefficient (Wildman–Crippen LogP) is 2.95. The molecule has 0 aromatic heterocycles. The van der Waals surface area contributed by atoms with E-state index in [-0.39, 0.29) is 6.04 Å². The summed E-state index contributed by atoms with van der Waals surface area (Å²) in [6, 6.07) is 18.1. The minimum absolute atomic E-state index is 0.131. The molecule has 0 saturated carbocycles. The van der Waals surface area contributed by atoms with Crippen molar-refractivity contribution in [2.75, 3.05) is 13.7 Å². The van der Waals surface area contributed by atoms with E-state index >= 15 is 0 Å². The number of hydrogen-bond acceptors (Lipinski definition) is 3. The second-order valence-corrected chi connectivity index (χ2v) is 5.22.